The number of amides is 1. The van der Waals surface area contributed by atoms with Gasteiger partial charge in [-0.1, -0.05) is 17.8 Å². The Kier molecular flexibility index (Phi) is 4.87. The first kappa shape index (κ1) is 16.4. The van der Waals surface area contributed by atoms with Gasteiger partial charge in [-0.25, -0.2) is 4.68 Å². The number of aryl methyl sites for hydroxylation is 2. The van der Waals surface area contributed by atoms with Gasteiger partial charge in [0.15, 0.2) is 0 Å². The number of ether oxygens (including phenoxy) is 1. The van der Waals surface area contributed by atoms with Crippen LogP contribution in [0.4, 0.5) is 0 Å². The van der Waals surface area contributed by atoms with E-state index in [9.17, 15) is 4.79 Å². The van der Waals surface area contributed by atoms with Crippen molar-refractivity contribution in [3.05, 3.63) is 29.3 Å². The second kappa shape index (κ2) is 7.43. The molecule has 0 bridgehead atoms. The number of thioether (sulfide) groups is 1. The first-order valence-electron chi connectivity index (χ1n) is 8.71. The molecule has 1 N–H and O–H groups in total. The quantitative estimate of drug-likeness (QED) is 0.572. The Morgan fingerprint density at radius 2 is 2.20 bits per heavy atom. The molecule has 0 spiro atoms. The summed E-state index contributed by atoms with van der Waals surface area (Å²) in [5, 5.41) is 15.2. The van der Waals surface area contributed by atoms with E-state index in [0.717, 1.165) is 25.0 Å². The summed E-state index contributed by atoms with van der Waals surface area (Å²) in [6.07, 6.45) is 5.78. The van der Waals surface area contributed by atoms with Crippen molar-refractivity contribution < 1.29 is 9.53 Å². The minimum Gasteiger partial charge on any atom is -0.492 e. The fourth-order valence-corrected chi connectivity index (χ4v) is 3.78. The van der Waals surface area contributed by atoms with Gasteiger partial charge in [-0.05, 0) is 65.8 Å². The van der Waals surface area contributed by atoms with Crippen molar-refractivity contribution in [3.8, 4) is 5.75 Å². The zero-order valence-electron chi connectivity index (χ0n) is 14.0. The molecular formula is C17H21N5O2S. The van der Waals surface area contributed by atoms with E-state index in [1.807, 2.05) is 10.7 Å². The molecule has 0 saturated heterocycles. The highest BCUT2D eigenvalue weighted by Crippen LogP contribution is 2.36. The van der Waals surface area contributed by atoms with Crippen LogP contribution in [0.5, 0.6) is 5.75 Å². The molecule has 1 saturated carbocycles. The third-order valence-electron chi connectivity index (χ3n) is 4.45. The Balaban J connectivity index is 1.16. The van der Waals surface area contributed by atoms with Gasteiger partial charge < -0.3 is 10.1 Å². The van der Waals surface area contributed by atoms with Crippen molar-refractivity contribution >= 4 is 17.7 Å². The third kappa shape index (κ3) is 4.12. The molecule has 25 heavy (non-hydrogen) atoms. The van der Waals surface area contributed by atoms with Crippen LogP contribution in [0.3, 0.4) is 0 Å². The molecule has 2 aromatic rings. The molecule has 1 aromatic carbocycles. The van der Waals surface area contributed by atoms with Gasteiger partial charge >= 0.3 is 0 Å². The molecule has 4 rings (SSSR count). The Bertz CT molecular complexity index is 759. The monoisotopic (exact) mass is 359 g/mol. The van der Waals surface area contributed by atoms with E-state index in [0.29, 0.717) is 30.1 Å². The lowest BCUT2D eigenvalue weighted by molar-refractivity contribution is -0.118. The summed E-state index contributed by atoms with van der Waals surface area (Å²) in [7, 11) is 0. The molecule has 8 heteroatoms. The number of fused-ring (bicyclic) bond motifs is 1. The number of aromatic nitrogens is 4. The van der Waals surface area contributed by atoms with Crippen molar-refractivity contribution in [1.82, 2.24) is 25.5 Å². The van der Waals surface area contributed by atoms with Crippen molar-refractivity contribution in [2.24, 2.45) is 0 Å². The number of nitrogens with zero attached hydrogens (tertiary/aromatic N) is 4. The van der Waals surface area contributed by atoms with Gasteiger partial charge in [-0.2, -0.15) is 0 Å². The molecule has 1 fully saturated rings. The highest BCUT2D eigenvalue weighted by atomic mass is 32.2. The standard InChI is InChI=1S/C17H21N5O2S/c23-16(11-25-17-19-20-21-22(17)14-5-6-14)18-8-9-24-15-7-4-12-2-1-3-13(12)10-15/h4,7,10,14H,1-3,5-6,8-9,11H2,(H,18,23). The number of rotatable bonds is 8. The molecule has 132 valence electrons. The average molecular weight is 359 g/mol. The zero-order valence-corrected chi connectivity index (χ0v) is 14.8. The Morgan fingerprint density at radius 3 is 3.08 bits per heavy atom. The van der Waals surface area contributed by atoms with Crippen LogP contribution in [-0.4, -0.2) is 45.0 Å². The number of tetrazole rings is 1. The molecule has 0 unspecified atom stereocenters. The summed E-state index contributed by atoms with van der Waals surface area (Å²) >= 11 is 1.37. The van der Waals surface area contributed by atoms with Crippen molar-refractivity contribution in [2.75, 3.05) is 18.9 Å². The average Bonchev–Trinajstić information content (AvgIpc) is 3.18. The maximum atomic E-state index is 11.9. The summed E-state index contributed by atoms with van der Waals surface area (Å²) in [4.78, 5) is 11.9. The van der Waals surface area contributed by atoms with Gasteiger partial charge in [0, 0.05) is 0 Å². The molecule has 0 radical (unpaired) electrons. The zero-order chi connectivity index (χ0) is 17.1. The first-order valence-corrected chi connectivity index (χ1v) is 9.70. The molecule has 0 aliphatic heterocycles. The minimum absolute atomic E-state index is 0.0344. The fourth-order valence-electron chi connectivity index (χ4n) is 3.01. The van der Waals surface area contributed by atoms with Gasteiger partial charge in [-0.3, -0.25) is 4.79 Å². The smallest absolute Gasteiger partial charge is 0.230 e. The van der Waals surface area contributed by atoms with Crippen LogP contribution in [0, 0.1) is 0 Å². The normalized spacial score (nSPS) is 15.8. The van der Waals surface area contributed by atoms with Crippen LogP contribution in [0.2, 0.25) is 0 Å². The van der Waals surface area contributed by atoms with E-state index in [2.05, 4.69) is 33.0 Å². The molecule has 2 aliphatic rings. The second-order valence-electron chi connectivity index (χ2n) is 6.41. The van der Waals surface area contributed by atoms with Gasteiger partial charge in [0.25, 0.3) is 0 Å². The molecule has 2 aliphatic carbocycles. The summed E-state index contributed by atoms with van der Waals surface area (Å²) < 4.78 is 7.55. The van der Waals surface area contributed by atoms with Gasteiger partial charge in [0.05, 0.1) is 18.3 Å². The number of carbonyl (C=O) groups is 1. The molecule has 1 amide bonds. The predicted molar refractivity (Wildman–Crippen MR) is 93.8 cm³/mol. The van der Waals surface area contributed by atoms with Crippen LogP contribution in [-0.2, 0) is 17.6 Å². The molecule has 0 atom stereocenters. The predicted octanol–water partition coefficient (Wildman–Crippen LogP) is 1.78. The largest absolute Gasteiger partial charge is 0.492 e. The summed E-state index contributed by atoms with van der Waals surface area (Å²) in [5.41, 5.74) is 2.83. The molecule has 1 aromatic heterocycles. The van der Waals surface area contributed by atoms with Crippen LogP contribution in [0.15, 0.2) is 23.4 Å². The van der Waals surface area contributed by atoms with Crippen LogP contribution < -0.4 is 10.1 Å². The topological polar surface area (TPSA) is 81.9 Å². The van der Waals surface area contributed by atoms with Crippen LogP contribution in [0.25, 0.3) is 0 Å². The number of nitrogens with one attached hydrogen (secondary N) is 1. The summed E-state index contributed by atoms with van der Waals surface area (Å²) in [6.45, 7) is 0.957. The lowest BCUT2D eigenvalue weighted by atomic mass is 10.1. The van der Waals surface area contributed by atoms with E-state index in [-0.39, 0.29) is 5.91 Å². The van der Waals surface area contributed by atoms with Crippen molar-refractivity contribution in [2.45, 2.75) is 43.3 Å². The number of hydrogen-bond donors (Lipinski definition) is 1. The van der Waals surface area contributed by atoms with Crippen LogP contribution >= 0.6 is 11.8 Å². The SMILES string of the molecule is O=C(CSc1nnnn1C1CC1)NCCOc1ccc2c(c1)CCC2. The second-order valence-corrected chi connectivity index (χ2v) is 7.35. The maximum Gasteiger partial charge on any atom is 0.230 e. The molecule has 1 heterocycles. The van der Waals surface area contributed by atoms with Crippen molar-refractivity contribution in [1.29, 1.82) is 0 Å². The van der Waals surface area contributed by atoms with Gasteiger partial charge in [0.1, 0.15) is 12.4 Å². The number of hydrogen-bond acceptors (Lipinski definition) is 6. The first-order chi connectivity index (χ1) is 12.3. The molecule has 7 nitrogen and oxygen atoms in total. The lowest BCUT2D eigenvalue weighted by Gasteiger charge is -2.09. The van der Waals surface area contributed by atoms with E-state index < -0.39 is 0 Å². The van der Waals surface area contributed by atoms with Crippen LogP contribution in [0.1, 0.15) is 36.4 Å². The van der Waals surface area contributed by atoms with Crippen molar-refractivity contribution in [3.63, 3.8) is 0 Å². The number of carbonyl (C=O) groups excluding carboxylic acids is 1. The summed E-state index contributed by atoms with van der Waals surface area (Å²) in [6, 6.07) is 6.70. The van der Waals surface area contributed by atoms with Gasteiger partial charge in [-0.15, -0.1) is 5.10 Å². The highest BCUT2D eigenvalue weighted by Gasteiger charge is 2.28. The summed E-state index contributed by atoms with van der Waals surface area (Å²) in [5.74, 6) is 1.16. The van der Waals surface area contributed by atoms with E-state index in [1.165, 1.54) is 35.7 Å². The number of benzene rings is 1. The van der Waals surface area contributed by atoms with E-state index >= 15 is 0 Å². The fraction of sp³-hybridized carbons (Fsp3) is 0.529. The minimum atomic E-state index is -0.0344. The molecular weight excluding hydrogens is 338 g/mol. The highest BCUT2D eigenvalue weighted by molar-refractivity contribution is 7.99. The van der Waals surface area contributed by atoms with Gasteiger partial charge in [0.2, 0.25) is 11.1 Å². The Labute approximate surface area is 150 Å². The van der Waals surface area contributed by atoms with E-state index in [4.69, 9.17) is 4.74 Å². The lowest BCUT2D eigenvalue weighted by Crippen LogP contribution is -2.29. The Morgan fingerprint density at radius 1 is 1.32 bits per heavy atom. The van der Waals surface area contributed by atoms with E-state index in [1.54, 1.807) is 0 Å². The third-order valence-corrected chi connectivity index (χ3v) is 5.38. The Hall–Kier alpha value is -2.09. The maximum absolute atomic E-state index is 11.9.